The van der Waals surface area contributed by atoms with Crippen LogP contribution in [0.3, 0.4) is 0 Å². The van der Waals surface area contributed by atoms with Crippen LogP contribution in [0.5, 0.6) is 5.75 Å². The van der Waals surface area contributed by atoms with Gasteiger partial charge in [-0.2, -0.15) is 4.37 Å². The van der Waals surface area contributed by atoms with Crippen molar-refractivity contribution < 1.29 is 9.53 Å². The maximum Gasteiger partial charge on any atom is 0.230 e. The lowest BCUT2D eigenvalue weighted by Crippen LogP contribution is -2.50. The molecule has 1 amide bonds. The molecule has 0 N–H and O–H groups in total. The summed E-state index contributed by atoms with van der Waals surface area (Å²) in [7, 11) is 1.67. The lowest BCUT2D eigenvalue weighted by atomic mass is 9.95. The van der Waals surface area contributed by atoms with Crippen molar-refractivity contribution in [3.8, 4) is 5.75 Å². The Labute approximate surface area is 187 Å². The lowest BCUT2D eigenvalue weighted by molar-refractivity contribution is -0.133. The van der Waals surface area contributed by atoms with E-state index in [1.807, 2.05) is 53.4 Å². The van der Waals surface area contributed by atoms with E-state index in [1.165, 1.54) is 11.5 Å². The molecule has 0 saturated carbocycles. The molecule has 4 rings (SSSR count). The molecule has 1 aliphatic heterocycles. The van der Waals surface area contributed by atoms with Gasteiger partial charge in [-0.3, -0.25) is 4.79 Å². The van der Waals surface area contributed by atoms with Gasteiger partial charge in [-0.1, -0.05) is 49.4 Å². The molecule has 7 heteroatoms. The molecule has 0 radical (unpaired) electrons. The van der Waals surface area contributed by atoms with Gasteiger partial charge in [0.1, 0.15) is 11.6 Å². The van der Waals surface area contributed by atoms with Gasteiger partial charge in [-0.15, -0.1) is 0 Å². The summed E-state index contributed by atoms with van der Waals surface area (Å²) in [6.45, 7) is 5.08. The van der Waals surface area contributed by atoms with Crippen molar-refractivity contribution in [2.75, 3.05) is 38.2 Å². The van der Waals surface area contributed by atoms with Crippen LogP contribution < -0.4 is 9.64 Å². The first-order chi connectivity index (χ1) is 15.2. The Morgan fingerprint density at radius 2 is 1.87 bits per heavy atom. The molecular formula is C24H28N4O2S. The highest BCUT2D eigenvalue weighted by Crippen LogP contribution is 2.25. The van der Waals surface area contributed by atoms with Gasteiger partial charge in [0, 0.05) is 44.1 Å². The van der Waals surface area contributed by atoms with Crippen LogP contribution in [0.2, 0.25) is 0 Å². The minimum atomic E-state index is -0.0660. The Hall–Kier alpha value is -2.93. The van der Waals surface area contributed by atoms with Crippen LogP contribution in [-0.4, -0.2) is 53.5 Å². The number of benzene rings is 2. The van der Waals surface area contributed by atoms with E-state index in [4.69, 9.17) is 9.72 Å². The number of piperazine rings is 1. The van der Waals surface area contributed by atoms with Crippen molar-refractivity contribution >= 4 is 22.6 Å². The second-order valence-corrected chi connectivity index (χ2v) is 8.44. The maximum atomic E-state index is 13.1. The number of carbonyl (C=O) groups excluding carboxylic acids is 1. The number of ether oxygens (including phenoxy) is 1. The molecule has 1 aliphatic rings. The second kappa shape index (κ2) is 9.92. The number of amides is 1. The van der Waals surface area contributed by atoms with E-state index in [-0.39, 0.29) is 11.8 Å². The van der Waals surface area contributed by atoms with Crippen molar-refractivity contribution in [2.45, 2.75) is 25.7 Å². The number of hydrogen-bond donors (Lipinski definition) is 0. The largest absolute Gasteiger partial charge is 0.497 e. The van der Waals surface area contributed by atoms with Gasteiger partial charge >= 0.3 is 0 Å². The molecule has 1 aromatic heterocycles. The van der Waals surface area contributed by atoms with Crippen LogP contribution in [0.1, 0.15) is 36.2 Å². The van der Waals surface area contributed by atoms with Gasteiger partial charge in [0.25, 0.3) is 0 Å². The zero-order valence-corrected chi connectivity index (χ0v) is 18.8. The van der Waals surface area contributed by atoms with Gasteiger partial charge in [0.2, 0.25) is 11.0 Å². The Kier molecular flexibility index (Phi) is 6.82. The van der Waals surface area contributed by atoms with E-state index in [0.29, 0.717) is 19.5 Å². The number of anilines is 1. The number of nitrogens with zero attached hydrogens (tertiary/aromatic N) is 4. The third-order valence-corrected chi connectivity index (χ3v) is 6.54. The maximum absolute atomic E-state index is 13.1. The summed E-state index contributed by atoms with van der Waals surface area (Å²) in [6, 6.07) is 18.1. The summed E-state index contributed by atoms with van der Waals surface area (Å²) in [5.41, 5.74) is 2.23. The van der Waals surface area contributed by atoms with Crippen LogP contribution in [0.4, 0.5) is 5.13 Å². The first-order valence-corrected chi connectivity index (χ1v) is 11.5. The third kappa shape index (κ3) is 5.05. The van der Waals surface area contributed by atoms with Crippen LogP contribution in [0, 0.1) is 0 Å². The molecule has 3 aromatic rings. The quantitative estimate of drug-likeness (QED) is 0.561. The SMILES string of the molecule is CCC(C(=O)N1CCN(c2nc(Cc3cccc(OC)c3)ns2)CC1)c1ccccc1. The molecule has 162 valence electrons. The van der Waals surface area contributed by atoms with Crippen LogP contribution in [0.15, 0.2) is 54.6 Å². The zero-order chi connectivity index (χ0) is 21.6. The van der Waals surface area contributed by atoms with Gasteiger partial charge < -0.3 is 14.5 Å². The van der Waals surface area contributed by atoms with Gasteiger partial charge in [-0.25, -0.2) is 4.98 Å². The number of methoxy groups -OCH3 is 1. The summed E-state index contributed by atoms with van der Waals surface area (Å²) < 4.78 is 9.84. The molecule has 31 heavy (non-hydrogen) atoms. The highest BCUT2D eigenvalue weighted by atomic mass is 32.1. The third-order valence-electron chi connectivity index (χ3n) is 5.72. The number of aromatic nitrogens is 2. The molecule has 1 saturated heterocycles. The highest BCUT2D eigenvalue weighted by Gasteiger charge is 2.28. The predicted molar refractivity (Wildman–Crippen MR) is 124 cm³/mol. The average Bonchev–Trinajstić information content (AvgIpc) is 3.29. The molecule has 1 atom stereocenters. The Balaban J connectivity index is 1.35. The fourth-order valence-electron chi connectivity index (χ4n) is 3.99. The Morgan fingerprint density at radius 1 is 1.10 bits per heavy atom. The second-order valence-electron chi connectivity index (χ2n) is 7.71. The molecule has 1 fully saturated rings. The van der Waals surface area contributed by atoms with Crippen LogP contribution >= 0.6 is 11.5 Å². The van der Waals surface area contributed by atoms with Crippen molar-refractivity contribution in [2.24, 2.45) is 0 Å². The van der Waals surface area contributed by atoms with Crippen molar-refractivity contribution in [1.82, 2.24) is 14.3 Å². The lowest BCUT2D eigenvalue weighted by Gasteiger charge is -2.36. The van der Waals surface area contributed by atoms with E-state index >= 15 is 0 Å². The van der Waals surface area contributed by atoms with Gasteiger partial charge in [0.05, 0.1) is 13.0 Å². The molecular weight excluding hydrogens is 408 g/mol. The molecule has 0 aliphatic carbocycles. The van der Waals surface area contributed by atoms with Crippen molar-refractivity contribution in [1.29, 1.82) is 0 Å². The minimum Gasteiger partial charge on any atom is -0.497 e. The first-order valence-electron chi connectivity index (χ1n) is 10.7. The molecule has 0 bridgehead atoms. The number of hydrogen-bond acceptors (Lipinski definition) is 6. The van der Waals surface area contributed by atoms with Crippen molar-refractivity contribution in [3.63, 3.8) is 0 Å². The molecule has 1 unspecified atom stereocenters. The molecule has 6 nitrogen and oxygen atoms in total. The van der Waals surface area contributed by atoms with E-state index in [0.717, 1.165) is 47.3 Å². The smallest absolute Gasteiger partial charge is 0.230 e. The first kappa shape index (κ1) is 21.3. The summed E-state index contributed by atoms with van der Waals surface area (Å²) in [6.07, 6.45) is 1.49. The Bertz CT molecular complexity index is 1000. The highest BCUT2D eigenvalue weighted by molar-refractivity contribution is 7.09. The van der Waals surface area contributed by atoms with E-state index in [9.17, 15) is 4.79 Å². The van der Waals surface area contributed by atoms with Gasteiger partial charge in [-0.05, 0) is 29.7 Å². The summed E-state index contributed by atoms with van der Waals surface area (Å²) in [4.78, 5) is 22.1. The topological polar surface area (TPSA) is 58.6 Å². The van der Waals surface area contributed by atoms with Crippen LogP contribution in [0.25, 0.3) is 0 Å². The Morgan fingerprint density at radius 3 is 2.58 bits per heavy atom. The molecule has 2 aromatic carbocycles. The van der Waals surface area contributed by atoms with Crippen LogP contribution in [-0.2, 0) is 11.2 Å². The molecule has 2 heterocycles. The zero-order valence-electron chi connectivity index (χ0n) is 18.0. The van der Waals surface area contributed by atoms with E-state index in [2.05, 4.69) is 22.3 Å². The fourth-order valence-corrected chi connectivity index (χ4v) is 4.72. The van der Waals surface area contributed by atoms with Crippen molar-refractivity contribution in [3.05, 3.63) is 71.5 Å². The summed E-state index contributed by atoms with van der Waals surface area (Å²) >= 11 is 1.43. The standard InChI is InChI=1S/C24H28N4O2S/c1-3-21(19-9-5-4-6-10-19)23(29)27-12-14-28(15-13-27)24-25-22(26-31-24)17-18-8-7-11-20(16-18)30-2/h4-11,16,21H,3,12-15,17H2,1-2H3. The predicted octanol–water partition coefficient (Wildman–Crippen LogP) is 3.98. The average molecular weight is 437 g/mol. The normalized spacial score (nSPS) is 15.0. The molecule has 0 spiro atoms. The number of carbonyl (C=O) groups is 1. The fraction of sp³-hybridized carbons (Fsp3) is 0.375. The van der Waals surface area contributed by atoms with Gasteiger partial charge in [0.15, 0.2) is 0 Å². The summed E-state index contributed by atoms with van der Waals surface area (Å²) in [5, 5.41) is 0.931. The monoisotopic (exact) mass is 436 g/mol. The van der Waals surface area contributed by atoms with E-state index < -0.39 is 0 Å². The number of rotatable bonds is 7. The summed E-state index contributed by atoms with van der Waals surface area (Å²) in [5.74, 6) is 1.82. The minimum absolute atomic E-state index is 0.0660. The van der Waals surface area contributed by atoms with E-state index in [1.54, 1.807) is 7.11 Å².